The van der Waals surface area contributed by atoms with E-state index in [2.05, 4.69) is 26.2 Å². The molecule has 3 aromatic heterocycles. The lowest BCUT2D eigenvalue weighted by molar-refractivity contribution is -0.755. The van der Waals surface area contributed by atoms with Crippen LogP contribution in [0, 0.1) is 0 Å². The number of halogens is 3. The molecule has 0 aliphatic carbocycles. The second-order valence-electron chi connectivity index (χ2n) is 8.34. The predicted molar refractivity (Wildman–Crippen MR) is 126 cm³/mol. The molecule has 3 N–H and O–H groups in total. The van der Waals surface area contributed by atoms with E-state index in [-0.39, 0.29) is 30.4 Å². The third-order valence-corrected chi connectivity index (χ3v) is 5.61. The van der Waals surface area contributed by atoms with Crippen molar-refractivity contribution in [2.45, 2.75) is 25.9 Å². The summed E-state index contributed by atoms with van der Waals surface area (Å²) < 4.78 is 54.3. The van der Waals surface area contributed by atoms with Crippen LogP contribution in [0.3, 0.4) is 0 Å². The number of ether oxygens (including phenoxy) is 1. The zero-order valence-corrected chi connectivity index (χ0v) is 19.7. The van der Waals surface area contributed by atoms with Crippen molar-refractivity contribution < 1.29 is 36.7 Å². The highest BCUT2D eigenvalue weighted by molar-refractivity contribution is 6.06. The normalized spacial score (nSPS) is 13.0. The number of rotatable bonds is 6. The van der Waals surface area contributed by atoms with E-state index in [0.29, 0.717) is 30.1 Å². The number of alkyl halides is 3. The standard InChI is InChI=1S/C24H20F3N7O4/c25-24(26,27)15-9-17(29-22(35)19-4-6-33-7-8-37-14-20(19)33)11-18(10-15)30-23(36)31-21-13-34(32-38-21)12-16-3-1-2-5-28-16/h1-6,9-11,13H,7-8,12,14H2,(H2-,29,30,31,32,35,36)/p+1. The summed E-state index contributed by atoms with van der Waals surface area (Å²) in [5.74, 6) is -0.641. The molecule has 0 radical (unpaired) electrons. The summed E-state index contributed by atoms with van der Waals surface area (Å²) in [4.78, 5) is 29.5. The van der Waals surface area contributed by atoms with Gasteiger partial charge in [-0.15, -0.1) is 0 Å². The first-order valence-corrected chi connectivity index (χ1v) is 11.4. The monoisotopic (exact) mass is 528 g/mol. The molecule has 14 heteroatoms. The molecule has 0 atom stereocenters. The molecule has 0 fully saturated rings. The highest BCUT2D eigenvalue weighted by Gasteiger charge is 2.32. The molecule has 1 aromatic carbocycles. The Balaban J connectivity index is 1.29. The lowest BCUT2D eigenvalue weighted by Gasteiger charge is -2.17. The van der Waals surface area contributed by atoms with Crippen LogP contribution in [0.4, 0.5) is 35.2 Å². The molecule has 11 nitrogen and oxygen atoms in total. The number of hydrogen-bond donors (Lipinski definition) is 3. The fraction of sp³-hybridized carbons (Fsp3) is 0.208. The number of pyridine rings is 1. The molecule has 0 bridgehead atoms. The maximum Gasteiger partial charge on any atom is 0.416 e. The number of carbonyl (C=O) groups excluding carboxylic acids is 2. The zero-order chi connectivity index (χ0) is 26.7. The fourth-order valence-electron chi connectivity index (χ4n) is 3.89. The van der Waals surface area contributed by atoms with Gasteiger partial charge in [-0.3, -0.25) is 19.6 Å². The smallest absolute Gasteiger partial charge is 0.373 e. The third kappa shape index (κ3) is 5.81. The van der Waals surface area contributed by atoms with E-state index in [4.69, 9.17) is 9.26 Å². The van der Waals surface area contributed by atoms with Crippen LogP contribution in [-0.4, -0.2) is 33.4 Å². The number of amides is 3. The molecule has 1 aliphatic rings. The van der Waals surface area contributed by atoms with Crippen molar-refractivity contribution in [2.75, 3.05) is 22.6 Å². The molecule has 38 heavy (non-hydrogen) atoms. The van der Waals surface area contributed by atoms with E-state index in [1.807, 2.05) is 10.6 Å². The van der Waals surface area contributed by atoms with Crippen molar-refractivity contribution >= 4 is 29.2 Å². The van der Waals surface area contributed by atoms with Crippen molar-refractivity contribution in [3.05, 3.63) is 83.6 Å². The van der Waals surface area contributed by atoms with Gasteiger partial charge < -0.3 is 19.9 Å². The van der Waals surface area contributed by atoms with Gasteiger partial charge in [0.1, 0.15) is 5.69 Å². The van der Waals surface area contributed by atoms with Gasteiger partial charge in [-0.1, -0.05) is 6.07 Å². The largest absolute Gasteiger partial charge is 0.416 e. The number of urea groups is 1. The summed E-state index contributed by atoms with van der Waals surface area (Å²) in [7, 11) is 0. The lowest BCUT2D eigenvalue weighted by Crippen LogP contribution is -2.35. The average Bonchev–Trinajstić information content (AvgIpc) is 3.50. The Hall–Kier alpha value is -4.72. The Morgan fingerprint density at radius 3 is 2.66 bits per heavy atom. The van der Waals surface area contributed by atoms with Gasteiger partial charge in [0.2, 0.25) is 11.8 Å². The topological polar surface area (TPSA) is 127 Å². The van der Waals surface area contributed by atoms with Crippen LogP contribution in [0.2, 0.25) is 0 Å². The lowest BCUT2D eigenvalue weighted by atomic mass is 10.1. The van der Waals surface area contributed by atoms with Gasteiger partial charge in [-0.05, 0) is 41.1 Å². The predicted octanol–water partition coefficient (Wildman–Crippen LogP) is 3.65. The minimum atomic E-state index is -4.72. The van der Waals surface area contributed by atoms with Crippen LogP contribution in [0.25, 0.3) is 0 Å². The maximum absolute atomic E-state index is 13.6. The van der Waals surface area contributed by atoms with Crippen LogP contribution >= 0.6 is 0 Å². The molecular formula is C24H21F3N7O4+. The van der Waals surface area contributed by atoms with Gasteiger partial charge in [-0.2, -0.15) is 13.2 Å². The Morgan fingerprint density at radius 1 is 1.08 bits per heavy atom. The van der Waals surface area contributed by atoms with Crippen LogP contribution in [0.5, 0.6) is 0 Å². The summed E-state index contributed by atoms with van der Waals surface area (Å²) in [6, 6.07) is 8.82. The van der Waals surface area contributed by atoms with Crippen LogP contribution in [0.1, 0.15) is 27.3 Å². The molecule has 4 aromatic rings. The molecule has 196 valence electrons. The highest BCUT2D eigenvalue weighted by atomic mass is 19.4. The Morgan fingerprint density at radius 2 is 1.89 bits per heavy atom. The average molecular weight is 528 g/mol. The minimum absolute atomic E-state index is 0.0420. The second-order valence-corrected chi connectivity index (χ2v) is 8.34. The maximum atomic E-state index is 13.6. The Kier molecular flexibility index (Phi) is 6.79. The van der Waals surface area contributed by atoms with Gasteiger partial charge in [0.15, 0.2) is 0 Å². The number of benzene rings is 1. The highest BCUT2D eigenvalue weighted by Crippen LogP contribution is 2.34. The molecule has 1 aliphatic heterocycles. The van der Waals surface area contributed by atoms with Gasteiger partial charge in [0.25, 0.3) is 12.1 Å². The van der Waals surface area contributed by atoms with Crippen molar-refractivity contribution in [3.63, 3.8) is 0 Å². The minimum Gasteiger partial charge on any atom is -0.373 e. The summed E-state index contributed by atoms with van der Waals surface area (Å²) in [5.41, 5.74) is 0.222. The summed E-state index contributed by atoms with van der Waals surface area (Å²) in [5, 5.41) is 10.9. The van der Waals surface area contributed by atoms with Crippen molar-refractivity contribution in [3.8, 4) is 0 Å². The van der Waals surface area contributed by atoms with Gasteiger partial charge in [-0.25, -0.2) is 4.79 Å². The Labute approximate surface area is 213 Å². The number of nitrogens with zero attached hydrogens (tertiary/aromatic N) is 4. The molecular weight excluding hydrogens is 507 g/mol. The van der Waals surface area contributed by atoms with Gasteiger partial charge in [0, 0.05) is 30.3 Å². The first-order chi connectivity index (χ1) is 18.2. The second kappa shape index (κ2) is 10.3. The molecule has 3 amide bonds. The van der Waals surface area contributed by atoms with Crippen molar-refractivity contribution in [1.82, 2.24) is 14.8 Å². The molecule has 0 saturated carbocycles. The van der Waals surface area contributed by atoms with Gasteiger partial charge in [0.05, 0.1) is 30.0 Å². The van der Waals surface area contributed by atoms with Crippen molar-refractivity contribution in [1.29, 1.82) is 0 Å². The molecule has 0 saturated heterocycles. The Bertz CT molecular complexity index is 1470. The van der Waals surface area contributed by atoms with Gasteiger partial charge >= 0.3 is 18.1 Å². The van der Waals surface area contributed by atoms with Crippen LogP contribution < -0.4 is 20.6 Å². The van der Waals surface area contributed by atoms with Crippen molar-refractivity contribution in [2.24, 2.45) is 0 Å². The number of fused-ring (bicyclic) bond motifs is 1. The quantitative estimate of drug-likeness (QED) is 0.328. The summed E-state index contributed by atoms with van der Waals surface area (Å²) in [6.07, 6.45) is 0.0161. The van der Waals surface area contributed by atoms with E-state index in [9.17, 15) is 22.8 Å². The number of anilines is 3. The summed E-state index contributed by atoms with van der Waals surface area (Å²) in [6.45, 7) is 1.58. The number of aromatic nitrogens is 4. The molecule has 0 spiro atoms. The van der Waals surface area contributed by atoms with Crippen LogP contribution in [0.15, 0.2) is 65.6 Å². The summed E-state index contributed by atoms with van der Waals surface area (Å²) >= 11 is 0. The number of hydrogen-bond acceptors (Lipinski definition) is 6. The van der Waals surface area contributed by atoms with E-state index >= 15 is 0 Å². The molecule has 5 rings (SSSR count). The first-order valence-electron chi connectivity index (χ1n) is 11.4. The third-order valence-electron chi connectivity index (χ3n) is 5.61. The number of carbonyl (C=O) groups is 2. The molecule has 4 heterocycles. The SMILES string of the molecule is O=C(Nc1cc(NC(=O)c2ccn3c2COCC3)cc(C(F)(F)F)c1)Nc1c[n+](Cc2ccccn2)no1. The first kappa shape index (κ1) is 25.0. The van der Waals surface area contributed by atoms with E-state index in [1.54, 1.807) is 30.6 Å². The number of nitrogens with one attached hydrogen (secondary N) is 3. The fourth-order valence-corrected chi connectivity index (χ4v) is 3.89. The van der Waals surface area contributed by atoms with E-state index in [0.717, 1.165) is 12.1 Å². The van der Waals surface area contributed by atoms with E-state index < -0.39 is 23.7 Å². The molecule has 0 unspecified atom stereocenters. The van der Waals surface area contributed by atoms with Crippen LogP contribution in [-0.2, 0) is 30.6 Å². The zero-order valence-electron chi connectivity index (χ0n) is 19.7. The van der Waals surface area contributed by atoms with E-state index in [1.165, 1.54) is 16.9 Å².